The Kier molecular flexibility index (Phi) is 3.41. The van der Waals surface area contributed by atoms with Crippen LogP contribution in [0.25, 0.3) is 0 Å². The summed E-state index contributed by atoms with van der Waals surface area (Å²) in [7, 11) is 0. The zero-order valence-electron chi connectivity index (χ0n) is 12.2. The van der Waals surface area contributed by atoms with Gasteiger partial charge in [0.2, 0.25) is 0 Å². The third kappa shape index (κ3) is 2.51. The van der Waals surface area contributed by atoms with E-state index in [2.05, 4.69) is 6.07 Å². The summed E-state index contributed by atoms with van der Waals surface area (Å²) in [5.74, 6) is 0.852. The Hall–Kier alpha value is -2.30. The number of hydrogen-bond donors (Lipinski definition) is 0. The monoisotopic (exact) mass is 286 g/mol. The van der Waals surface area contributed by atoms with Crippen LogP contribution in [0, 0.1) is 6.92 Å². The van der Waals surface area contributed by atoms with Crippen molar-refractivity contribution in [2.45, 2.75) is 39.5 Å². The van der Waals surface area contributed by atoms with Gasteiger partial charge in [0, 0.05) is 25.2 Å². The number of aryl methyl sites for hydroxylation is 2. The molecule has 1 aromatic carbocycles. The first kappa shape index (κ1) is 13.7. The van der Waals surface area contributed by atoms with Crippen LogP contribution in [0.5, 0.6) is 5.75 Å². The van der Waals surface area contributed by atoms with Crippen molar-refractivity contribution >= 4 is 0 Å². The number of nitrogens with zero attached hydrogens (tertiary/aromatic N) is 2. The van der Waals surface area contributed by atoms with Crippen molar-refractivity contribution in [1.29, 1.82) is 0 Å². The highest BCUT2D eigenvalue weighted by atomic mass is 16.5. The van der Waals surface area contributed by atoms with Crippen molar-refractivity contribution < 1.29 is 4.74 Å². The van der Waals surface area contributed by atoms with E-state index in [0.717, 1.165) is 17.7 Å². The Labute approximate surface area is 122 Å². The first-order valence-electron chi connectivity index (χ1n) is 7.15. The minimum atomic E-state index is -0.277. The fourth-order valence-corrected chi connectivity index (χ4v) is 2.72. The molecule has 1 atom stereocenters. The lowest BCUT2D eigenvalue weighted by atomic mass is 10.1. The van der Waals surface area contributed by atoms with Gasteiger partial charge in [-0.3, -0.25) is 9.36 Å². The van der Waals surface area contributed by atoms with Crippen molar-refractivity contribution in [2.75, 3.05) is 0 Å². The van der Waals surface area contributed by atoms with E-state index in [-0.39, 0.29) is 23.9 Å². The van der Waals surface area contributed by atoms with Crippen LogP contribution in [0.15, 0.2) is 40.1 Å². The third-order valence-corrected chi connectivity index (χ3v) is 3.82. The minimum Gasteiger partial charge on any atom is -0.488 e. The summed E-state index contributed by atoms with van der Waals surface area (Å²) in [5.41, 5.74) is 1.77. The second-order valence-electron chi connectivity index (χ2n) is 5.39. The Balaban J connectivity index is 1.87. The molecular formula is C16H18N2O3. The standard InChI is InChI=1S/C16H18N2O3/c1-3-17-7-6-15(19)18(16(17)20)10-13-9-12-8-11(2)4-5-14(12)21-13/h4-8,13H,3,9-10H2,1-2H3. The number of rotatable bonds is 3. The van der Waals surface area contributed by atoms with Crippen LogP contribution < -0.4 is 16.0 Å². The highest BCUT2D eigenvalue weighted by Gasteiger charge is 2.24. The summed E-state index contributed by atoms with van der Waals surface area (Å²) in [6.07, 6.45) is 2.10. The molecule has 21 heavy (non-hydrogen) atoms. The summed E-state index contributed by atoms with van der Waals surface area (Å²) < 4.78 is 8.62. The van der Waals surface area contributed by atoms with Crippen LogP contribution in [0.4, 0.5) is 0 Å². The average molecular weight is 286 g/mol. The topological polar surface area (TPSA) is 53.2 Å². The maximum absolute atomic E-state index is 12.2. The van der Waals surface area contributed by atoms with Gasteiger partial charge in [0.25, 0.3) is 5.56 Å². The zero-order valence-corrected chi connectivity index (χ0v) is 12.2. The highest BCUT2D eigenvalue weighted by Crippen LogP contribution is 2.29. The van der Waals surface area contributed by atoms with Crippen LogP contribution in [0.3, 0.4) is 0 Å². The number of fused-ring (bicyclic) bond motifs is 1. The van der Waals surface area contributed by atoms with Gasteiger partial charge in [-0.1, -0.05) is 17.7 Å². The average Bonchev–Trinajstić information content (AvgIpc) is 2.85. The van der Waals surface area contributed by atoms with Crippen molar-refractivity contribution in [3.8, 4) is 5.75 Å². The van der Waals surface area contributed by atoms with Crippen molar-refractivity contribution in [3.63, 3.8) is 0 Å². The lowest BCUT2D eigenvalue weighted by molar-refractivity contribution is 0.204. The summed E-state index contributed by atoms with van der Waals surface area (Å²) in [6.45, 7) is 4.74. The molecule has 2 aromatic rings. The molecule has 0 amide bonds. The summed E-state index contributed by atoms with van der Waals surface area (Å²) >= 11 is 0. The van der Waals surface area contributed by atoms with Crippen LogP contribution in [-0.2, 0) is 19.5 Å². The molecule has 5 heteroatoms. The fraction of sp³-hybridized carbons (Fsp3) is 0.375. The highest BCUT2D eigenvalue weighted by molar-refractivity contribution is 5.40. The smallest absolute Gasteiger partial charge is 0.331 e. The van der Waals surface area contributed by atoms with E-state index in [1.54, 1.807) is 0 Å². The Bertz CT molecular complexity index is 789. The first-order chi connectivity index (χ1) is 10.1. The van der Waals surface area contributed by atoms with E-state index >= 15 is 0 Å². The molecular weight excluding hydrogens is 268 g/mol. The van der Waals surface area contributed by atoms with E-state index in [1.165, 1.54) is 27.0 Å². The Morgan fingerprint density at radius 2 is 2.10 bits per heavy atom. The van der Waals surface area contributed by atoms with E-state index in [4.69, 9.17) is 4.74 Å². The molecule has 1 aliphatic heterocycles. The number of benzene rings is 1. The van der Waals surface area contributed by atoms with E-state index in [0.29, 0.717) is 6.54 Å². The van der Waals surface area contributed by atoms with Gasteiger partial charge in [-0.25, -0.2) is 4.79 Å². The summed E-state index contributed by atoms with van der Waals surface area (Å²) in [5, 5.41) is 0. The van der Waals surface area contributed by atoms with Gasteiger partial charge in [0.05, 0.1) is 6.54 Å². The lowest BCUT2D eigenvalue weighted by Crippen LogP contribution is -2.42. The normalized spacial score (nSPS) is 16.6. The second kappa shape index (κ2) is 5.24. The van der Waals surface area contributed by atoms with Crippen LogP contribution in [0.2, 0.25) is 0 Å². The maximum atomic E-state index is 12.2. The molecule has 0 fully saturated rings. The van der Waals surface area contributed by atoms with Gasteiger partial charge >= 0.3 is 5.69 Å². The molecule has 2 heterocycles. The molecule has 110 valence electrons. The number of ether oxygens (including phenoxy) is 1. The van der Waals surface area contributed by atoms with E-state index < -0.39 is 0 Å². The molecule has 1 aliphatic rings. The molecule has 0 saturated heterocycles. The molecule has 0 spiro atoms. The molecule has 5 nitrogen and oxygen atoms in total. The first-order valence-corrected chi connectivity index (χ1v) is 7.15. The molecule has 0 N–H and O–H groups in total. The largest absolute Gasteiger partial charge is 0.488 e. The molecule has 1 aromatic heterocycles. The van der Waals surface area contributed by atoms with E-state index in [9.17, 15) is 9.59 Å². The molecule has 3 rings (SSSR count). The fourth-order valence-electron chi connectivity index (χ4n) is 2.72. The van der Waals surface area contributed by atoms with Crippen LogP contribution >= 0.6 is 0 Å². The molecule has 0 aliphatic carbocycles. The van der Waals surface area contributed by atoms with E-state index in [1.807, 2.05) is 26.0 Å². The minimum absolute atomic E-state index is 0.167. The van der Waals surface area contributed by atoms with Crippen molar-refractivity contribution in [2.24, 2.45) is 0 Å². The zero-order chi connectivity index (χ0) is 15.0. The molecule has 0 bridgehead atoms. The Morgan fingerprint density at radius 3 is 2.86 bits per heavy atom. The summed E-state index contributed by atoms with van der Waals surface area (Å²) in [4.78, 5) is 24.1. The van der Waals surface area contributed by atoms with Gasteiger partial charge in [0.15, 0.2) is 0 Å². The Morgan fingerprint density at radius 1 is 1.29 bits per heavy atom. The van der Waals surface area contributed by atoms with Gasteiger partial charge in [-0.05, 0) is 25.5 Å². The quantitative estimate of drug-likeness (QED) is 0.855. The van der Waals surface area contributed by atoms with Crippen molar-refractivity contribution in [1.82, 2.24) is 9.13 Å². The third-order valence-electron chi connectivity index (χ3n) is 3.82. The maximum Gasteiger partial charge on any atom is 0.331 e. The second-order valence-corrected chi connectivity index (χ2v) is 5.39. The number of aromatic nitrogens is 2. The molecule has 1 unspecified atom stereocenters. The van der Waals surface area contributed by atoms with Gasteiger partial charge in [-0.15, -0.1) is 0 Å². The molecule has 0 radical (unpaired) electrons. The predicted octanol–water partition coefficient (Wildman–Crippen LogP) is 1.34. The van der Waals surface area contributed by atoms with Gasteiger partial charge < -0.3 is 9.30 Å². The van der Waals surface area contributed by atoms with Crippen LogP contribution in [-0.4, -0.2) is 15.2 Å². The SMILES string of the molecule is CCn1ccc(=O)n(CC2Cc3cc(C)ccc3O2)c1=O. The summed E-state index contributed by atoms with van der Waals surface area (Å²) in [6, 6.07) is 7.47. The van der Waals surface area contributed by atoms with Gasteiger partial charge in [-0.2, -0.15) is 0 Å². The van der Waals surface area contributed by atoms with Gasteiger partial charge in [0.1, 0.15) is 11.9 Å². The van der Waals surface area contributed by atoms with Crippen LogP contribution in [0.1, 0.15) is 18.1 Å². The number of hydrogen-bond acceptors (Lipinski definition) is 3. The molecule has 0 saturated carbocycles. The predicted molar refractivity (Wildman–Crippen MR) is 79.9 cm³/mol. The lowest BCUT2D eigenvalue weighted by Gasteiger charge is -2.13. The van der Waals surface area contributed by atoms with Crippen molar-refractivity contribution in [3.05, 3.63) is 62.4 Å².